The third-order valence-corrected chi connectivity index (χ3v) is 4.72. The second-order valence-corrected chi connectivity index (χ2v) is 6.58. The van der Waals surface area contributed by atoms with Gasteiger partial charge < -0.3 is 24.8 Å². The summed E-state index contributed by atoms with van der Waals surface area (Å²) >= 11 is 0. The maximum Gasteiger partial charge on any atom is 4.00 e. The van der Waals surface area contributed by atoms with E-state index in [1.165, 1.54) is 62.5 Å². The minimum Gasteiger partial charge on any atom is -1.00 e. The van der Waals surface area contributed by atoms with Gasteiger partial charge in [-0.2, -0.15) is 45.5 Å². The average molecular weight is 385 g/mol. The first-order chi connectivity index (χ1) is 9.72. The average Bonchev–Trinajstić information content (AvgIpc) is 2.99. The van der Waals surface area contributed by atoms with E-state index in [0.717, 1.165) is 0 Å². The molecule has 2 aliphatic carbocycles. The quantitative estimate of drug-likeness (QED) is 0.411. The Bertz CT molecular complexity index is 481. The van der Waals surface area contributed by atoms with E-state index in [9.17, 15) is 0 Å². The predicted molar refractivity (Wildman–Crippen MR) is 86.8 cm³/mol. The van der Waals surface area contributed by atoms with E-state index >= 15 is 0 Å². The molecule has 4 rings (SSSR count). The van der Waals surface area contributed by atoms with Gasteiger partial charge in [0, 0.05) is 0 Å². The van der Waals surface area contributed by atoms with Crippen LogP contribution < -0.4 is 24.8 Å². The van der Waals surface area contributed by atoms with Crippen molar-refractivity contribution in [2.45, 2.75) is 65.2 Å². The predicted octanol–water partition coefficient (Wildman–Crippen LogP) is -0.809. The Morgan fingerprint density at radius 1 is 0.652 bits per heavy atom. The summed E-state index contributed by atoms with van der Waals surface area (Å²) in [4.78, 5) is 0. The number of halogens is 2. The topological polar surface area (TPSA) is 0 Å². The largest absolute Gasteiger partial charge is 4.00 e. The number of rotatable bonds is 0. The molecule has 0 aliphatic heterocycles. The second kappa shape index (κ2) is 10.8. The van der Waals surface area contributed by atoms with Crippen molar-refractivity contribution >= 4 is 0 Å². The molecule has 0 spiro atoms. The Morgan fingerprint density at radius 3 is 1.35 bits per heavy atom. The summed E-state index contributed by atoms with van der Waals surface area (Å²) in [7, 11) is 0. The first-order valence-electron chi connectivity index (χ1n) is 8.22. The van der Waals surface area contributed by atoms with Crippen LogP contribution in [0, 0.1) is 13.8 Å². The van der Waals surface area contributed by atoms with Crippen molar-refractivity contribution in [2.75, 3.05) is 0 Å². The molecular weight excluding hydrogens is 359 g/mol. The molecule has 0 saturated heterocycles. The molecule has 2 aromatic carbocycles. The monoisotopic (exact) mass is 384 g/mol. The van der Waals surface area contributed by atoms with Crippen molar-refractivity contribution in [3.63, 3.8) is 0 Å². The number of fused-ring (bicyclic) bond motifs is 2. The standard InChI is InChI=1S/2C10H13.2ClH.Ti/c2*1-8-6-9-4-2-3-5-10(9)7-8;;;/h2*6-7H,2-5H2,1H3;2*1H;/q2*-1;;;+4/p-2. The van der Waals surface area contributed by atoms with Crippen molar-refractivity contribution in [3.05, 3.63) is 57.6 Å². The summed E-state index contributed by atoms with van der Waals surface area (Å²) in [5.74, 6) is 0. The van der Waals surface area contributed by atoms with E-state index in [1.807, 2.05) is 0 Å². The van der Waals surface area contributed by atoms with Gasteiger partial charge >= 0.3 is 21.7 Å². The molecule has 0 saturated carbocycles. The molecule has 23 heavy (non-hydrogen) atoms. The van der Waals surface area contributed by atoms with Crippen molar-refractivity contribution in [2.24, 2.45) is 0 Å². The van der Waals surface area contributed by atoms with Crippen LogP contribution >= 0.6 is 0 Å². The van der Waals surface area contributed by atoms with Gasteiger partial charge in [0.05, 0.1) is 0 Å². The molecule has 0 nitrogen and oxygen atoms in total. The molecule has 0 amide bonds. The van der Waals surface area contributed by atoms with E-state index < -0.39 is 0 Å². The SMILES string of the molecule is Cc1cc2c([cH-]1)CCCC2.Cc1cc2c([cH-]1)CCCC2.[Cl-].[Cl-].[Ti+4]. The fraction of sp³-hybridized carbons (Fsp3) is 0.500. The molecule has 3 heteroatoms. The normalized spacial score (nSPS) is 14.7. The zero-order valence-corrected chi connectivity index (χ0v) is 17.3. The van der Waals surface area contributed by atoms with Gasteiger partial charge in [-0.1, -0.05) is 65.2 Å². The molecule has 0 N–H and O–H groups in total. The Morgan fingerprint density at radius 2 is 1.00 bits per heavy atom. The van der Waals surface area contributed by atoms with E-state index in [1.54, 1.807) is 22.3 Å². The molecular formula is C20H26Cl2Ti. The van der Waals surface area contributed by atoms with E-state index in [-0.39, 0.29) is 46.5 Å². The van der Waals surface area contributed by atoms with Crippen LogP contribution in [0.1, 0.15) is 59.1 Å². The molecule has 0 atom stereocenters. The first kappa shape index (κ1) is 23.0. The van der Waals surface area contributed by atoms with Crippen LogP contribution in [0.5, 0.6) is 0 Å². The number of aryl methyl sites for hydroxylation is 6. The molecule has 0 fully saturated rings. The smallest absolute Gasteiger partial charge is 1.00 e. The molecule has 0 bridgehead atoms. The van der Waals surface area contributed by atoms with Crippen LogP contribution in [0.3, 0.4) is 0 Å². The van der Waals surface area contributed by atoms with E-state index in [0.29, 0.717) is 0 Å². The minimum atomic E-state index is 0. The van der Waals surface area contributed by atoms with Crippen LogP contribution in [-0.4, -0.2) is 0 Å². The minimum absolute atomic E-state index is 0. The zero-order chi connectivity index (χ0) is 13.9. The summed E-state index contributed by atoms with van der Waals surface area (Å²) in [6.07, 6.45) is 10.9. The van der Waals surface area contributed by atoms with Gasteiger partial charge in [0.25, 0.3) is 0 Å². The molecule has 0 heterocycles. The van der Waals surface area contributed by atoms with Crippen molar-refractivity contribution in [1.29, 1.82) is 0 Å². The van der Waals surface area contributed by atoms with Crippen LogP contribution in [0.4, 0.5) is 0 Å². The summed E-state index contributed by atoms with van der Waals surface area (Å²) < 4.78 is 0. The molecule has 124 valence electrons. The first-order valence-corrected chi connectivity index (χ1v) is 8.22. The Labute approximate surface area is 168 Å². The molecule has 0 radical (unpaired) electrons. The third kappa shape index (κ3) is 6.09. The Kier molecular flexibility index (Phi) is 10.8. The summed E-state index contributed by atoms with van der Waals surface area (Å²) in [6, 6.07) is 9.37. The van der Waals surface area contributed by atoms with Crippen molar-refractivity contribution in [1.82, 2.24) is 0 Å². The molecule has 2 aromatic rings. The van der Waals surface area contributed by atoms with Gasteiger partial charge in [-0.15, -0.1) is 0 Å². The van der Waals surface area contributed by atoms with Gasteiger partial charge in [-0.3, -0.25) is 0 Å². The fourth-order valence-electron chi connectivity index (χ4n) is 3.75. The van der Waals surface area contributed by atoms with E-state index in [4.69, 9.17) is 0 Å². The molecule has 0 aromatic heterocycles. The van der Waals surface area contributed by atoms with E-state index in [2.05, 4.69) is 38.1 Å². The van der Waals surface area contributed by atoms with Gasteiger partial charge in [0.1, 0.15) is 0 Å². The van der Waals surface area contributed by atoms with Gasteiger partial charge in [-0.25, -0.2) is 12.1 Å². The second-order valence-electron chi connectivity index (χ2n) is 6.58. The molecule has 2 aliphatic rings. The van der Waals surface area contributed by atoms with Crippen LogP contribution in [-0.2, 0) is 47.4 Å². The maximum atomic E-state index is 2.34. The van der Waals surface area contributed by atoms with Crippen molar-refractivity contribution < 1.29 is 46.5 Å². The Hall–Kier alpha value is -0.00571. The van der Waals surface area contributed by atoms with Gasteiger partial charge in [-0.05, 0) is 0 Å². The van der Waals surface area contributed by atoms with Crippen LogP contribution in [0.25, 0.3) is 0 Å². The van der Waals surface area contributed by atoms with Gasteiger partial charge in [0.2, 0.25) is 0 Å². The number of hydrogen-bond acceptors (Lipinski definition) is 0. The maximum absolute atomic E-state index is 2.34. The third-order valence-electron chi connectivity index (χ3n) is 4.72. The van der Waals surface area contributed by atoms with Crippen LogP contribution in [0.2, 0.25) is 0 Å². The summed E-state index contributed by atoms with van der Waals surface area (Å²) in [6.45, 7) is 4.39. The molecule has 0 unspecified atom stereocenters. The van der Waals surface area contributed by atoms with Crippen molar-refractivity contribution in [3.8, 4) is 0 Å². The zero-order valence-electron chi connectivity index (χ0n) is 14.2. The summed E-state index contributed by atoms with van der Waals surface area (Å²) in [5.41, 5.74) is 9.36. The fourth-order valence-corrected chi connectivity index (χ4v) is 3.75. The van der Waals surface area contributed by atoms with Gasteiger partial charge in [0.15, 0.2) is 0 Å². The number of hydrogen-bond donors (Lipinski definition) is 0. The Balaban J connectivity index is 0.000000372. The van der Waals surface area contributed by atoms with Crippen LogP contribution in [0.15, 0.2) is 24.3 Å². The summed E-state index contributed by atoms with van der Waals surface area (Å²) in [5, 5.41) is 0.